The Hall–Kier alpha value is -5.34. The number of aromatic amines is 1. The van der Waals surface area contributed by atoms with E-state index >= 15 is 0 Å². The number of hydrogen-bond donors (Lipinski definition) is 3. The van der Waals surface area contributed by atoms with Crippen molar-refractivity contribution in [3.63, 3.8) is 0 Å². The summed E-state index contributed by atoms with van der Waals surface area (Å²) in [4.78, 5) is 44.4. The van der Waals surface area contributed by atoms with Crippen molar-refractivity contribution < 1.29 is 14.4 Å². The fraction of sp³-hybridized carbons (Fsp3) is 0.132. The highest BCUT2D eigenvalue weighted by molar-refractivity contribution is 8.00. The van der Waals surface area contributed by atoms with Gasteiger partial charge in [0.1, 0.15) is 5.70 Å². The zero-order valence-electron chi connectivity index (χ0n) is 25.1. The summed E-state index contributed by atoms with van der Waals surface area (Å²) in [5.74, 6) is -0.532. The van der Waals surface area contributed by atoms with Gasteiger partial charge in [-0.25, -0.2) is 0 Å². The van der Waals surface area contributed by atoms with Crippen molar-refractivity contribution in [1.29, 1.82) is 0 Å². The Bertz CT molecular complexity index is 2130. The summed E-state index contributed by atoms with van der Waals surface area (Å²) in [5.41, 5.74) is 6.24. The van der Waals surface area contributed by atoms with Crippen LogP contribution in [0.1, 0.15) is 44.8 Å². The van der Waals surface area contributed by atoms with Crippen molar-refractivity contribution in [2.45, 2.75) is 30.6 Å². The van der Waals surface area contributed by atoms with Gasteiger partial charge >= 0.3 is 0 Å². The normalized spacial score (nSPS) is 13.0. The highest BCUT2D eigenvalue weighted by Gasteiger charge is 2.23. The third kappa shape index (κ3) is 5.99. The Morgan fingerprint density at radius 3 is 2.46 bits per heavy atom. The van der Waals surface area contributed by atoms with Crippen molar-refractivity contribution in [2.75, 3.05) is 11.1 Å². The molecule has 1 aliphatic carbocycles. The smallest absolute Gasteiger partial charge is 0.272 e. The quantitative estimate of drug-likeness (QED) is 0.119. The van der Waals surface area contributed by atoms with E-state index in [0.29, 0.717) is 11.3 Å². The molecule has 8 heteroatoms. The van der Waals surface area contributed by atoms with Gasteiger partial charge < -0.3 is 15.6 Å². The molecule has 0 bridgehead atoms. The second-order valence-electron chi connectivity index (χ2n) is 11.3. The number of aromatic nitrogens is 2. The molecule has 3 N–H and O–H groups in total. The first-order chi connectivity index (χ1) is 22.5. The van der Waals surface area contributed by atoms with Gasteiger partial charge in [-0.2, -0.15) is 0 Å². The van der Waals surface area contributed by atoms with Crippen LogP contribution in [-0.4, -0.2) is 33.0 Å². The molecule has 0 saturated carbocycles. The maximum Gasteiger partial charge on any atom is 0.272 e. The predicted molar refractivity (Wildman–Crippen MR) is 185 cm³/mol. The molecule has 0 fully saturated rings. The minimum atomic E-state index is -0.460. The first kappa shape index (κ1) is 29.4. The zero-order chi connectivity index (χ0) is 31.5. The number of hydrogen-bond acceptors (Lipinski definition) is 4. The molecule has 1 aliphatic rings. The Kier molecular flexibility index (Phi) is 8.27. The summed E-state index contributed by atoms with van der Waals surface area (Å²) in [5, 5.41) is 7.86. The van der Waals surface area contributed by atoms with Gasteiger partial charge in [-0.15, -0.1) is 11.8 Å². The molecular formula is C38H32N4O3S. The van der Waals surface area contributed by atoms with Crippen LogP contribution in [0.2, 0.25) is 0 Å². The minimum Gasteiger partial charge on any atom is -0.361 e. The number of H-pyrrole nitrogens is 1. The van der Waals surface area contributed by atoms with Gasteiger partial charge in [0.25, 0.3) is 11.8 Å². The molecule has 2 amide bonds. The van der Waals surface area contributed by atoms with E-state index in [1.165, 1.54) is 22.7 Å². The maximum atomic E-state index is 13.7. The highest BCUT2D eigenvalue weighted by atomic mass is 32.2. The van der Waals surface area contributed by atoms with Gasteiger partial charge in [0.2, 0.25) is 5.91 Å². The number of aryl methyl sites for hydroxylation is 1. The lowest BCUT2D eigenvalue weighted by Crippen LogP contribution is -2.30. The largest absolute Gasteiger partial charge is 0.361 e. The Morgan fingerprint density at radius 2 is 1.59 bits per heavy atom. The van der Waals surface area contributed by atoms with Crippen LogP contribution in [0.25, 0.3) is 27.9 Å². The van der Waals surface area contributed by atoms with E-state index in [4.69, 9.17) is 0 Å². The van der Waals surface area contributed by atoms with Crippen LogP contribution in [0.5, 0.6) is 0 Å². The summed E-state index contributed by atoms with van der Waals surface area (Å²) in [7, 11) is 0. The predicted octanol–water partition coefficient (Wildman–Crippen LogP) is 7.84. The number of nitrogens with one attached hydrogen (secondary N) is 3. The monoisotopic (exact) mass is 624 g/mol. The molecule has 0 radical (unpaired) electrons. The molecule has 0 unspecified atom stereocenters. The third-order valence-corrected chi connectivity index (χ3v) is 9.31. The molecule has 4 aromatic carbocycles. The molecule has 0 aliphatic heterocycles. The lowest BCUT2D eigenvalue weighted by molar-refractivity contribution is -0.113. The number of para-hydroxylation sites is 2. The minimum absolute atomic E-state index is 0.0476. The number of anilines is 1. The summed E-state index contributed by atoms with van der Waals surface area (Å²) in [6.07, 6.45) is 7.65. The molecular weight excluding hydrogens is 593 g/mol. The number of rotatable bonds is 8. The van der Waals surface area contributed by atoms with E-state index in [0.717, 1.165) is 58.3 Å². The zero-order valence-corrected chi connectivity index (χ0v) is 25.9. The molecule has 2 aromatic heterocycles. The Morgan fingerprint density at radius 1 is 0.826 bits per heavy atom. The van der Waals surface area contributed by atoms with E-state index in [-0.39, 0.29) is 23.3 Å². The molecule has 46 heavy (non-hydrogen) atoms. The van der Waals surface area contributed by atoms with Crippen LogP contribution >= 0.6 is 11.8 Å². The molecule has 0 saturated heterocycles. The van der Waals surface area contributed by atoms with Crippen LogP contribution in [-0.2, 0) is 17.6 Å². The summed E-state index contributed by atoms with van der Waals surface area (Å²) >= 11 is 1.44. The molecule has 2 heterocycles. The average Bonchev–Trinajstić information content (AvgIpc) is 3.66. The van der Waals surface area contributed by atoms with Gasteiger partial charge in [0.15, 0.2) is 0 Å². The topological polar surface area (TPSA) is 96.0 Å². The average molecular weight is 625 g/mol. The van der Waals surface area contributed by atoms with Gasteiger partial charge in [-0.1, -0.05) is 60.7 Å². The van der Waals surface area contributed by atoms with Gasteiger partial charge in [-0.05, 0) is 79.8 Å². The lowest BCUT2D eigenvalue weighted by Gasteiger charge is -2.15. The number of benzene rings is 4. The van der Waals surface area contributed by atoms with Crippen LogP contribution in [0, 0.1) is 0 Å². The number of amides is 2. The number of nitrogens with zero attached hydrogens (tertiary/aromatic N) is 1. The van der Waals surface area contributed by atoms with Crippen LogP contribution in [0.15, 0.2) is 120 Å². The molecule has 0 atom stereocenters. The van der Waals surface area contributed by atoms with Crippen molar-refractivity contribution >= 4 is 63.1 Å². The number of fused-ring (bicyclic) bond motifs is 4. The molecule has 228 valence electrons. The number of carbonyl (C=O) groups excluding carboxylic acids is 3. The molecule has 6 aromatic rings. The van der Waals surface area contributed by atoms with Crippen molar-refractivity contribution in [3.05, 3.63) is 137 Å². The summed E-state index contributed by atoms with van der Waals surface area (Å²) in [6.45, 7) is 0. The van der Waals surface area contributed by atoms with E-state index in [9.17, 15) is 14.4 Å². The Balaban J connectivity index is 1.10. The van der Waals surface area contributed by atoms with Gasteiger partial charge in [0.05, 0.1) is 11.3 Å². The van der Waals surface area contributed by atoms with Crippen LogP contribution < -0.4 is 10.6 Å². The highest BCUT2D eigenvalue weighted by Crippen LogP contribution is 2.33. The van der Waals surface area contributed by atoms with E-state index in [1.807, 2.05) is 77.5 Å². The second kappa shape index (κ2) is 12.9. The first-order valence-corrected chi connectivity index (χ1v) is 16.4. The number of carbonyl (C=O) groups is 3. The second-order valence-corrected chi connectivity index (χ2v) is 12.4. The fourth-order valence-electron chi connectivity index (χ4n) is 6.16. The van der Waals surface area contributed by atoms with Crippen molar-refractivity contribution in [1.82, 2.24) is 14.9 Å². The molecule has 0 spiro atoms. The summed E-state index contributed by atoms with van der Waals surface area (Å²) in [6, 6.07) is 32.2. The Labute approximate surface area is 270 Å². The standard InChI is InChI=1S/C38H32N4O3S/c43-36(42-34-19-8-5-16-30(34)31-17-6-9-20-35(31)42)24-46-28-14-10-13-27(22-28)40-38(45)33(41-37(44)25-11-2-1-3-12-25)21-26-23-39-32-18-7-4-15-29(26)32/h1-5,7-8,10-16,18-19,21-23,39H,6,9,17,20,24H2,(H,40,45)(H,41,44)/b33-21-. The summed E-state index contributed by atoms with van der Waals surface area (Å²) < 4.78 is 1.92. The fourth-order valence-corrected chi connectivity index (χ4v) is 6.97. The van der Waals surface area contributed by atoms with Crippen molar-refractivity contribution in [2.24, 2.45) is 0 Å². The number of thioether (sulfide) groups is 1. The molecule has 7 nitrogen and oxygen atoms in total. The van der Waals surface area contributed by atoms with Crippen LogP contribution in [0.3, 0.4) is 0 Å². The SMILES string of the molecule is O=C(Nc1cccc(SCC(=O)n2c3c(c4ccccc42)CCCC3)c1)/C(=C/c1c[nH]c2ccccc12)NC(=O)c1ccccc1. The van der Waals surface area contributed by atoms with Gasteiger partial charge in [-0.3, -0.25) is 19.0 Å². The van der Waals surface area contributed by atoms with E-state index in [2.05, 4.69) is 21.7 Å². The first-order valence-electron chi connectivity index (χ1n) is 15.4. The molecule has 7 rings (SSSR count). The van der Waals surface area contributed by atoms with Crippen LogP contribution in [0.4, 0.5) is 5.69 Å². The third-order valence-electron chi connectivity index (χ3n) is 8.33. The maximum absolute atomic E-state index is 13.7. The lowest BCUT2D eigenvalue weighted by atomic mass is 9.96. The van der Waals surface area contributed by atoms with E-state index in [1.54, 1.807) is 36.4 Å². The van der Waals surface area contributed by atoms with Crippen molar-refractivity contribution in [3.8, 4) is 0 Å². The van der Waals surface area contributed by atoms with Gasteiger partial charge in [0, 0.05) is 49.9 Å². The van der Waals surface area contributed by atoms with E-state index < -0.39 is 5.91 Å².